The number of nitrogens with zero attached hydrogens (tertiary/aromatic N) is 3. The van der Waals surface area contributed by atoms with Gasteiger partial charge in [-0.05, 0) is 43.7 Å². The molecular weight excluding hydrogens is 410 g/mol. The molecule has 6 nitrogen and oxygen atoms in total. The first-order valence-corrected chi connectivity index (χ1v) is 9.08. The van der Waals surface area contributed by atoms with Gasteiger partial charge in [0.1, 0.15) is 6.61 Å². The first-order chi connectivity index (χ1) is 13.0. The molecule has 138 valence electrons. The Labute approximate surface area is 165 Å². The van der Waals surface area contributed by atoms with Crippen molar-refractivity contribution in [3.63, 3.8) is 0 Å². The van der Waals surface area contributed by atoms with E-state index in [1.54, 1.807) is 18.3 Å². The molecule has 27 heavy (non-hydrogen) atoms. The maximum absolute atomic E-state index is 10.8. The SMILES string of the molecule is Cc1cc(/C=N\OCc2cccc([N+](=O)[O-])c2)c(C)n1-c1cccc(Br)c1. The Hall–Kier alpha value is -2.93. The number of non-ortho nitro benzene ring substituents is 1. The van der Waals surface area contributed by atoms with Gasteiger partial charge in [0.25, 0.3) is 5.69 Å². The molecule has 0 bridgehead atoms. The third-order valence-electron chi connectivity index (χ3n) is 4.16. The summed E-state index contributed by atoms with van der Waals surface area (Å²) in [4.78, 5) is 15.7. The number of nitro groups is 1. The van der Waals surface area contributed by atoms with Gasteiger partial charge in [-0.25, -0.2) is 0 Å². The second-order valence-electron chi connectivity index (χ2n) is 6.08. The first-order valence-electron chi connectivity index (χ1n) is 8.29. The Morgan fingerprint density at radius 2 is 1.96 bits per heavy atom. The number of nitro benzene ring substituents is 1. The molecule has 1 heterocycles. The summed E-state index contributed by atoms with van der Waals surface area (Å²) in [5, 5.41) is 14.8. The summed E-state index contributed by atoms with van der Waals surface area (Å²) in [5.74, 6) is 0. The maximum atomic E-state index is 10.8. The van der Waals surface area contributed by atoms with Crippen LogP contribution in [0.4, 0.5) is 5.69 Å². The minimum atomic E-state index is -0.427. The fraction of sp³-hybridized carbons (Fsp3) is 0.150. The van der Waals surface area contributed by atoms with Crippen LogP contribution < -0.4 is 0 Å². The van der Waals surface area contributed by atoms with Gasteiger partial charge in [0, 0.05) is 39.2 Å². The van der Waals surface area contributed by atoms with Crippen molar-refractivity contribution in [1.82, 2.24) is 4.57 Å². The smallest absolute Gasteiger partial charge is 0.269 e. The van der Waals surface area contributed by atoms with E-state index in [0.717, 1.165) is 27.1 Å². The number of aromatic nitrogens is 1. The fourth-order valence-electron chi connectivity index (χ4n) is 2.90. The molecular formula is C20H18BrN3O3. The van der Waals surface area contributed by atoms with Crippen LogP contribution in [0.2, 0.25) is 0 Å². The highest BCUT2D eigenvalue weighted by atomic mass is 79.9. The van der Waals surface area contributed by atoms with E-state index in [4.69, 9.17) is 4.84 Å². The fourth-order valence-corrected chi connectivity index (χ4v) is 3.28. The molecule has 0 radical (unpaired) electrons. The van der Waals surface area contributed by atoms with Crippen LogP contribution in [0.5, 0.6) is 0 Å². The van der Waals surface area contributed by atoms with Gasteiger partial charge in [-0.15, -0.1) is 0 Å². The number of aryl methyl sites for hydroxylation is 1. The van der Waals surface area contributed by atoms with Crippen molar-refractivity contribution < 1.29 is 9.76 Å². The van der Waals surface area contributed by atoms with Gasteiger partial charge in [-0.1, -0.05) is 39.3 Å². The minimum Gasteiger partial charge on any atom is -0.391 e. The summed E-state index contributed by atoms with van der Waals surface area (Å²) in [6.07, 6.45) is 1.66. The van der Waals surface area contributed by atoms with Gasteiger partial charge < -0.3 is 9.40 Å². The van der Waals surface area contributed by atoms with E-state index >= 15 is 0 Å². The quantitative estimate of drug-likeness (QED) is 0.303. The second-order valence-corrected chi connectivity index (χ2v) is 6.99. The van der Waals surface area contributed by atoms with Crippen molar-refractivity contribution in [2.45, 2.75) is 20.5 Å². The molecule has 0 unspecified atom stereocenters. The molecule has 3 rings (SSSR count). The van der Waals surface area contributed by atoms with Gasteiger partial charge in [-0.3, -0.25) is 10.1 Å². The summed E-state index contributed by atoms with van der Waals surface area (Å²) in [6, 6.07) is 16.4. The predicted octanol–water partition coefficient (Wildman–Crippen LogP) is 5.32. The maximum Gasteiger partial charge on any atom is 0.269 e. The Bertz CT molecular complexity index is 1010. The lowest BCUT2D eigenvalue weighted by Gasteiger charge is -2.09. The Morgan fingerprint density at radius 1 is 1.19 bits per heavy atom. The Kier molecular flexibility index (Phi) is 5.71. The highest BCUT2D eigenvalue weighted by Gasteiger charge is 2.10. The van der Waals surface area contributed by atoms with Gasteiger partial charge in [0.2, 0.25) is 0 Å². The van der Waals surface area contributed by atoms with E-state index in [1.807, 2.05) is 38.1 Å². The molecule has 0 aliphatic heterocycles. The van der Waals surface area contributed by atoms with Gasteiger partial charge in [0.05, 0.1) is 11.1 Å². The summed E-state index contributed by atoms with van der Waals surface area (Å²) in [7, 11) is 0. The van der Waals surface area contributed by atoms with Crippen molar-refractivity contribution in [1.29, 1.82) is 0 Å². The Balaban J connectivity index is 1.72. The third kappa shape index (κ3) is 4.43. The van der Waals surface area contributed by atoms with E-state index in [9.17, 15) is 10.1 Å². The van der Waals surface area contributed by atoms with Crippen LogP contribution in [-0.2, 0) is 11.4 Å². The highest BCUT2D eigenvalue weighted by Crippen LogP contribution is 2.22. The van der Waals surface area contributed by atoms with Crippen LogP contribution >= 0.6 is 15.9 Å². The zero-order chi connectivity index (χ0) is 19.4. The van der Waals surface area contributed by atoms with Crippen molar-refractivity contribution in [3.8, 4) is 5.69 Å². The standard InChI is InChI=1S/C20H18BrN3O3/c1-14-9-17(15(2)23(14)19-7-4-6-18(21)11-19)12-22-27-13-16-5-3-8-20(10-16)24(25)26/h3-12H,13H2,1-2H3/b22-12-. The number of hydrogen-bond donors (Lipinski definition) is 0. The largest absolute Gasteiger partial charge is 0.391 e. The molecule has 0 saturated carbocycles. The van der Waals surface area contributed by atoms with E-state index < -0.39 is 4.92 Å². The third-order valence-corrected chi connectivity index (χ3v) is 4.65. The summed E-state index contributed by atoms with van der Waals surface area (Å²) in [5.41, 5.74) is 4.89. The van der Waals surface area contributed by atoms with E-state index in [2.05, 4.69) is 31.7 Å². The van der Waals surface area contributed by atoms with Crippen LogP contribution in [0, 0.1) is 24.0 Å². The van der Waals surface area contributed by atoms with Crippen molar-refractivity contribution in [3.05, 3.63) is 91.7 Å². The van der Waals surface area contributed by atoms with Crippen LogP contribution in [0.3, 0.4) is 0 Å². The lowest BCUT2D eigenvalue weighted by Crippen LogP contribution is -1.99. The molecule has 3 aromatic rings. The van der Waals surface area contributed by atoms with Gasteiger partial charge >= 0.3 is 0 Å². The monoisotopic (exact) mass is 427 g/mol. The van der Waals surface area contributed by atoms with Crippen molar-refractivity contribution in [2.75, 3.05) is 0 Å². The molecule has 2 aromatic carbocycles. The predicted molar refractivity (Wildman–Crippen MR) is 108 cm³/mol. The molecule has 0 N–H and O–H groups in total. The zero-order valence-corrected chi connectivity index (χ0v) is 16.5. The van der Waals surface area contributed by atoms with E-state index in [1.165, 1.54) is 12.1 Å². The van der Waals surface area contributed by atoms with E-state index in [-0.39, 0.29) is 12.3 Å². The zero-order valence-electron chi connectivity index (χ0n) is 14.9. The summed E-state index contributed by atoms with van der Waals surface area (Å²) >= 11 is 3.50. The van der Waals surface area contributed by atoms with Gasteiger partial charge in [0.15, 0.2) is 0 Å². The molecule has 0 saturated heterocycles. The first kappa shape index (κ1) is 18.8. The molecule has 0 aliphatic rings. The molecule has 0 atom stereocenters. The molecule has 1 aromatic heterocycles. The average Bonchev–Trinajstić information content (AvgIpc) is 2.92. The average molecular weight is 428 g/mol. The summed E-state index contributed by atoms with van der Waals surface area (Å²) < 4.78 is 3.16. The lowest BCUT2D eigenvalue weighted by molar-refractivity contribution is -0.384. The molecule has 0 fully saturated rings. The lowest BCUT2D eigenvalue weighted by atomic mass is 10.2. The van der Waals surface area contributed by atoms with Gasteiger partial charge in [-0.2, -0.15) is 0 Å². The normalized spacial score (nSPS) is 11.1. The number of rotatable bonds is 6. The van der Waals surface area contributed by atoms with Crippen molar-refractivity contribution in [2.24, 2.45) is 5.16 Å². The number of benzene rings is 2. The topological polar surface area (TPSA) is 69.7 Å². The Morgan fingerprint density at radius 3 is 2.70 bits per heavy atom. The molecule has 0 amide bonds. The van der Waals surface area contributed by atoms with E-state index in [0.29, 0.717) is 5.56 Å². The molecule has 7 heteroatoms. The minimum absolute atomic E-state index is 0.0395. The van der Waals surface area contributed by atoms with Crippen LogP contribution in [0.15, 0.2) is 64.2 Å². The molecule has 0 spiro atoms. The second kappa shape index (κ2) is 8.18. The van der Waals surface area contributed by atoms with Crippen LogP contribution in [-0.4, -0.2) is 15.7 Å². The highest BCUT2D eigenvalue weighted by molar-refractivity contribution is 9.10. The number of hydrogen-bond acceptors (Lipinski definition) is 4. The molecule has 0 aliphatic carbocycles. The van der Waals surface area contributed by atoms with Crippen LogP contribution in [0.25, 0.3) is 5.69 Å². The number of oxime groups is 1. The van der Waals surface area contributed by atoms with Crippen molar-refractivity contribution >= 4 is 27.8 Å². The van der Waals surface area contributed by atoms with Crippen LogP contribution in [0.1, 0.15) is 22.5 Å². The summed E-state index contributed by atoms with van der Waals surface area (Å²) in [6.45, 7) is 4.23. The number of halogens is 1.